The van der Waals surface area contributed by atoms with Gasteiger partial charge in [-0.2, -0.15) is 0 Å². The fourth-order valence-electron chi connectivity index (χ4n) is 3.82. The van der Waals surface area contributed by atoms with E-state index in [1.54, 1.807) is 24.3 Å². The topological polar surface area (TPSA) is 55.8 Å². The molecule has 0 spiro atoms. The van der Waals surface area contributed by atoms with Crippen LogP contribution in [0.3, 0.4) is 0 Å². The Labute approximate surface area is 171 Å². The number of hydrogen-bond acceptors (Lipinski definition) is 3. The number of urea groups is 1. The standard InChI is InChI=1S/C24H25N3O2/c28-22-13-11-21(12-14-22)25-24(29)27-17-15-26(16-18-27)23(19-7-3-1-4-8-19)20-9-5-2-6-10-20/h1-14,23,28H,15-18H2,(H,25,29). The quantitative estimate of drug-likeness (QED) is 0.655. The van der Waals surface area contributed by atoms with E-state index in [1.807, 2.05) is 17.0 Å². The van der Waals surface area contributed by atoms with Gasteiger partial charge in [0, 0.05) is 31.9 Å². The summed E-state index contributed by atoms with van der Waals surface area (Å²) in [5, 5.41) is 12.3. The van der Waals surface area contributed by atoms with E-state index in [4.69, 9.17) is 0 Å². The number of anilines is 1. The van der Waals surface area contributed by atoms with Crippen molar-refractivity contribution in [1.29, 1.82) is 0 Å². The monoisotopic (exact) mass is 387 g/mol. The number of aromatic hydroxyl groups is 1. The lowest BCUT2D eigenvalue weighted by molar-refractivity contribution is 0.126. The molecular weight excluding hydrogens is 362 g/mol. The Kier molecular flexibility index (Phi) is 5.77. The van der Waals surface area contributed by atoms with Crippen LogP contribution in [0.2, 0.25) is 0 Å². The molecule has 0 saturated carbocycles. The van der Waals surface area contributed by atoms with Gasteiger partial charge in [-0.05, 0) is 35.4 Å². The van der Waals surface area contributed by atoms with E-state index >= 15 is 0 Å². The van der Waals surface area contributed by atoms with E-state index in [9.17, 15) is 9.90 Å². The lowest BCUT2D eigenvalue weighted by atomic mass is 9.96. The van der Waals surface area contributed by atoms with Crippen LogP contribution in [0.1, 0.15) is 17.2 Å². The molecule has 3 aromatic rings. The van der Waals surface area contributed by atoms with Crippen LogP contribution in [0.5, 0.6) is 5.75 Å². The fourth-order valence-corrected chi connectivity index (χ4v) is 3.82. The lowest BCUT2D eigenvalue weighted by Gasteiger charge is -2.39. The van der Waals surface area contributed by atoms with Crippen LogP contribution in [0.15, 0.2) is 84.9 Å². The number of phenols is 1. The summed E-state index contributed by atoms with van der Waals surface area (Å²) in [5.74, 6) is 0.185. The zero-order valence-electron chi connectivity index (χ0n) is 16.2. The highest BCUT2D eigenvalue weighted by molar-refractivity contribution is 5.89. The molecule has 1 saturated heterocycles. The summed E-state index contributed by atoms with van der Waals surface area (Å²) >= 11 is 0. The van der Waals surface area contributed by atoms with Gasteiger partial charge >= 0.3 is 6.03 Å². The van der Waals surface area contributed by atoms with Crippen molar-refractivity contribution in [1.82, 2.24) is 9.80 Å². The maximum absolute atomic E-state index is 12.6. The van der Waals surface area contributed by atoms with E-state index in [0.29, 0.717) is 18.8 Å². The minimum absolute atomic E-state index is 0.105. The zero-order chi connectivity index (χ0) is 20.1. The van der Waals surface area contributed by atoms with Gasteiger partial charge in [0.1, 0.15) is 5.75 Å². The molecule has 2 N–H and O–H groups in total. The predicted molar refractivity (Wildman–Crippen MR) is 115 cm³/mol. The minimum Gasteiger partial charge on any atom is -0.508 e. The Bertz CT molecular complexity index is 882. The normalized spacial score (nSPS) is 14.7. The summed E-state index contributed by atoms with van der Waals surface area (Å²) < 4.78 is 0. The largest absolute Gasteiger partial charge is 0.508 e. The van der Waals surface area contributed by atoms with E-state index in [2.05, 4.69) is 58.7 Å². The molecule has 0 atom stereocenters. The van der Waals surface area contributed by atoms with Crippen molar-refractivity contribution in [2.75, 3.05) is 31.5 Å². The van der Waals surface area contributed by atoms with Crippen LogP contribution >= 0.6 is 0 Å². The Hall–Kier alpha value is -3.31. The van der Waals surface area contributed by atoms with E-state index in [1.165, 1.54) is 11.1 Å². The first-order valence-electron chi connectivity index (χ1n) is 9.89. The number of carbonyl (C=O) groups excluding carboxylic acids is 1. The molecule has 4 rings (SSSR count). The van der Waals surface area contributed by atoms with Crippen LogP contribution in [0.4, 0.5) is 10.5 Å². The Morgan fingerprint density at radius 3 is 1.79 bits per heavy atom. The number of amides is 2. The molecule has 2 amide bonds. The molecule has 0 unspecified atom stereocenters. The van der Waals surface area contributed by atoms with Crippen LogP contribution in [0.25, 0.3) is 0 Å². The molecule has 5 nitrogen and oxygen atoms in total. The summed E-state index contributed by atoms with van der Waals surface area (Å²) in [6.07, 6.45) is 0. The highest BCUT2D eigenvalue weighted by Crippen LogP contribution is 2.29. The third-order valence-electron chi connectivity index (χ3n) is 5.32. The molecule has 1 fully saturated rings. The van der Waals surface area contributed by atoms with Crippen LogP contribution in [0, 0.1) is 0 Å². The average Bonchev–Trinajstić information content (AvgIpc) is 2.77. The third-order valence-corrected chi connectivity index (χ3v) is 5.32. The predicted octanol–water partition coefficient (Wildman–Crippen LogP) is 4.33. The maximum atomic E-state index is 12.6. The molecular formula is C24H25N3O2. The van der Waals surface area contributed by atoms with Crippen molar-refractivity contribution in [2.45, 2.75) is 6.04 Å². The van der Waals surface area contributed by atoms with Gasteiger partial charge in [-0.25, -0.2) is 4.79 Å². The summed E-state index contributed by atoms with van der Waals surface area (Å²) in [5.41, 5.74) is 3.21. The zero-order valence-corrected chi connectivity index (χ0v) is 16.2. The van der Waals surface area contributed by atoms with Crippen LogP contribution in [-0.4, -0.2) is 47.1 Å². The smallest absolute Gasteiger partial charge is 0.321 e. The summed E-state index contributed by atoms with van der Waals surface area (Å²) in [4.78, 5) is 16.9. The van der Waals surface area contributed by atoms with Crippen molar-refractivity contribution < 1.29 is 9.90 Å². The highest BCUT2D eigenvalue weighted by atomic mass is 16.3. The van der Waals surface area contributed by atoms with Crippen molar-refractivity contribution in [3.05, 3.63) is 96.1 Å². The Morgan fingerprint density at radius 2 is 1.28 bits per heavy atom. The van der Waals surface area contributed by atoms with Gasteiger partial charge < -0.3 is 15.3 Å². The van der Waals surface area contributed by atoms with Gasteiger partial charge in [0.25, 0.3) is 0 Å². The van der Waals surface area contributed by atoms with E-state index in [-0.39, 0.29) is 17.8 Å². The highest BCUT2D eigenvalue weighted by Gasteiger charge is 2.28. The number of carbonyl (C=O) groups is 1. The van der Waals surface area contributed by atoms with Crippen molar-refractivity contribution >= 4 is 11.7 Å². The summed E-state index contributed by atoms with van der Waals surface area (Å²) in [7, 11) is 0. The molecule has 0 aromatic heterocycles. The first-order chi connectivity index (χ1) is 14.2. The van der Waals surface area contributed by atoms with Gasteiger partial charge in [-0.3, -0.25) is 4.90 Å². The number of nitrogens with one attached hydrogen (secondary N) is 1. The molecule has 1 heterocycles. The van der Waals surface area contributed by atoms with Crippen LogP contribution in [-0.2, 0) is 0 Å². The van der Waals surface area contributed by atoms with Gasteiger partial charge in [-0.1, -0.05) is 60.7 Å². The Balaban J connectivity index is 1.44. The second-order valence-electron chi connectivity index (χ2n) is 7.22. The first kappa shape index (κ1) is 19.0. The molecule has 3 aromatic carbocycles. The molecule has 148 valence electrons. The first-order valence-corrected chi connectivity index (χ1v) is 9.89. The SMILES string of the molecule is O=C(Nc1ccc(O)cc1)N1CCN(C(c2ccccc2)c2ccccc2)CC1. The Morgan fingerprint density at radius 1 is 0.759 bits per heavy atom. The molecule has 0 radical (unpaired) electrons. The van der Waals surface area contributed by atoms with Gasteiger partial charge in [0.05, 0.1) is 6.04 Å². The second-order valence-corrected chi connectivity index (χ2v) is 7.22. The number of hydrogen-bond donors (Lipinski definition) is 2. The molecule has 1 aliphatic heterocycles. The van der Waals surface area contributed by atoms with Crippen molar-refractivity contribution in [2.24, 2.45) is 0 Å². The molecule has 0 aliphatic carbocycles. The lowest BCUT2D eigenvalue weighted by Crippen LogP contribution is -2.51. The fraction of sp³-hybridized carbons (Fsp3) is 0.208. The summed E-state index contributed by atoms with van der Waals surface area (Å²) in [6, 6.07) is 27.7. The maximum Gasteiger partial charge on any atom is 0.321 e. The van der Waals surface area contributed by atoms with Crippen LogP contribution < -0.4 is 5.32 Å². The average molecular weight is 387 g/mol. The second kappa shape index (κ2) is 8.80. The molecule has 1 aliphatic rings. The number of phenolic OH excluding ortho intramolecular Hbond substituents is 1. The molecule has 29 heavy (non-hydrogen) atoms. The summed E-state index contributed by atoms with van der Waals surface area (Å²) in [6.45, 7) is 2.94. The number of nitrogens with zero attached hydrogens (tertiary/aromatic N) is 2. The van der Waals surface area contributed by atoms with E-state index < -0.39 is 0 Å². The van der Waals surface area contributed by atoms with Crippen molar-refractivity contribution in [3.8, 4) is 5.75 Å². The van der Waals surface area contributed by atoms with Gasteiger partial charge in [-0.15, -0.1) is 0 Å². The van der Waals surface area contributed by atoms with Gasteiger partial charge in [0.2, 0.25) is 0 Å². The minimum atomic E-state index is -0.105. The number of rotatable bonds is 4. The number of benzene rings is 3. The van der Waals surface area contributed by atoms with Crippen molar-refractivity contribution in [3.63, 3.8) is 0 Å². The third kappa shape index (κ3) is 4.58. The van der Waals surface area contributed by atoms with Gasteiger partial charge in [0.15, 0.2) is 0 Å². The number of piperazine rings is 1. The van der Waals surface area contributed by atoms with E-state index in [0.717, 1.165) is 13.1 Å². The molecule has 0 bridgehead atoms. The molecule has 5 heteroatoms.